The predicted octanol–water partition coefficient (Wildman–Crippen LogP) is 3.78. The minimum absolute atomic E-state index is 0.620. The van der Waals surface area contributed by atoms with Crippen LogP contribution in [0.3, 0.4) is 0 Å². The van der Waals surface area contributed by atoms with Gasteiger partial charge in [-0.05, 0) is 54.4 Å². The number of hydrogen-bond acceptors (Lipinski definition) is 2. The minimum atomic E-state index is -0.620. The fourth-order valence-corrected chi connectivity index (χ4v) is 1.88. The van der Waals surface area contributed by atoms with E-state index in [-0.39, 0.29) is 0 Å². The van der Waals surface area contributed by atoms with Gasteiger partial charge in [0.25, 0.3) is 0 Å². The average molecular weight is 337 g/mol. The van der Waals surface area contributed by atoms with E-state index in [0.29, 0.717) is 6.42 Å². The lowest BCUT2D eigenvalue weighted by Gasteiger charge is -2.18. The number of aliphatic hydroxyl groups is 1. The smallest absolute Gasteiger partial charge is 0.0608 e. The third-order valence-corrected chi connectivity index (χ3v) is 3.17. The summed E-state index contributed by atoms with van der Waals surface area (Å²) in [5.74, 6) is 0. The Morgan fingerprint density at radius 1 is 1.33 bits per heavy atom. The number of rotatable bonds is 4. The zero-order chi connectivity index (χ0) is 11.5. The van der Waals surface area contributed by atoms with Crippen LogP contribution in [-0.2, 0) is 0 Å². The van der Waals surface area contributed by atoms with Gasteiger partial charge in [0.15, 0.2) is 0 Å². The van der Waals surface area contributed by atoms with Gasteiger partial charge in [0, 0.05) is 21.2 Å². The molecule has 0 aliphatic rings. The minimum Gasteiger partial charge on any atom is -0.390 e. The van der Waals surface area contributed by atoms with Gasteiger partial charge in [0.1, 0.15) is 0 Å². The molecule has 0 aliphatic heterocycles. The molecule has 0 aromatic heterocycles. The first-order valence-electron chi connectivity index (χ1n) is 4.80. The van der Waals surface area contributed by atoms with Gasteiger partial charge in [-0.15, -0.1) is 0 Å². The summed E-state index contributed by atoms with van der Waals surface area (Å²) in [6.45, 7) is 4.37. The fourth-order valence-electron chi connectivity index (χ4n) is 1.14. The first-order valence-corrected chi connectivity index (χ1v) is 6.38. The lowest BCUT2D eigenvalue weighted by Crippen LogP contribution is -2.22. The first-order chi connectivity index (χ1) is 6.88. The number of nitrogens with one attached hydrogen (secondary N) is 1. The molecular weight excluding hydrogens is 322 g/mol. The summed E-state index contributed by atoms with van der Waals surface area (Å²) in [4.78, 5) is 0. The molecule has 0 amide bonds. The maximum atomic E-state index is 9.56. The molecule has 0 saturated heterocycles. The Hall–Kier alpha value is -0.0600. The molecule has 1 aromatic rings. The predicted molar refractivity (Wildman–Crippen MR) is 71.2 cm³/mol. The Balaban J connectivity index is 2.54. The molecule has 0 radical (unpaired) electrons. The summed E-state index contributed by atoms with van der Waals surface area (Å²) in [5.41, 5.74) is 0.416. The summed E-state index contributed by atoms with van der Waals surface area (Å²) in [6.07, 6.45) is 0.714. The van der Waals surface area contributed by atoms with Crippen molar-refractivity contribution < 1.29 is 5.11 Å². The Labute approximate surface area is 107 Å². The summed E-state index contributed by atoms with van der Waals surface area (Å²) < 4.78 is 2.07. The van der Waals surface area contributed by atoms with Crippen molar-refractivity contribution in [1.82, 2.24) is 0 Å². The highest BCUT2D eigenvalue weighted by atomic mass is 79.9. The standard InChI is InChI=1S/C11H15Br2NO/c1-11(2,15)5-6-14-10-7-8(12)3-4-9(10)13/h3-4,7,14-15H,5-6H2,1-2H3. The molecule has 0 heterocycles. The van der Waals surface area contributed by atoms with E-state index in [2.05, 4.69) is 37.2 Å². The van der Waals surface area contributed by atoms with Crippen LogP contribution in [0.1, 0.15) is 20.3 Å². The van der Waals surface area contributed by atoms with Crippen molar-refractivity contribution in [2.75, 3.05) is 11.9 Å². The number of benzene rings is 1. The number of anilines is 1. The highest BCUT2D eigenvalue weighted by molar-refractivity contribution is 9.11. The molecule has 15 heavy (non-hydrogen) atoms. The Bertz CT molecular complexity index is 334. The van der Waals surface area contributed by atoms with Gasteiger partial charge in [-0.3, -0.25) is 0 Å². The fraction of sp³-hybridized carbons (Fsp3) is 0.455. The second-order valence-electron chi connectivity index (χ2n) is 4.11. The van der Waals surface area contributed by atoms with Crippen LogP contribution < -0.4 is 5.32 Å². The van der Waals surface area contributed by atoms with E-state index in [1.165, 1.54) is 0 Å². The van der Waals surface area contributed by atoms with Gasteiger partial charge >= 0.3 is 0 Å². The molecule has 0 fully saturated rings. The van der Waals surface area contributed by atoms with Crippen molar-refractivity contribution in [3.05, 3.63) is 27.1 Å². The highest BCUT2D eigenvalue weighted by Gasteiger charge is 2.11. The molecule has 2 N–H and O–H groups in total. The van der Waals surface area contributed by atoms with Crippen LogP contribution in [0.25, 0.3) is 0 Å². The Morgan fingerprint density at radius 3 is 2.60 bits per heavy atom. The maximum Gasteiger partial charge on any atom is 0.0608 e. The van der Waals surface area contributed by atoms with Crippen molar-refractivity contribution >= 4 is 37.5 Å². The van der Waals surface area contributed by atoms with E-state index in [9.17, 15) is 5.11 Å². The molecule has 4 heteroatoms. The van der Waals surface area contributed by atoms with Crippen molar-refractivity contribution in [3.8, 4) is 0 Å². The van der Waals surface area contributed by atoms with Crippen LogP contribution in [0.2, 0.25) is 0 Å². The van der Waals surface area contributed by atoms with Crippen molar-refractivity contribution in [1.29, 1.82) is 0 Å². The van der Waals surface area contributed by atoms with E-state index in [4.69, 9.17) is 0 Å². The largest absolute Gasteiger partial charge is 0.390 e. The molecule has 0 atom stereocenters. The van der Waals surface area contributed by atoms with E-state index in [1.54, 1.807) is 0 Å². The lowest BCUT2D eigenvalue weighted by molar-refractivity contribution is 0.0749. The molecule has 84 valence electrons. The second-order valence-corrected chi connectivity index (χ2v) is 5.88. The van der Waals surface area contributed by atoms with E-state index in [1.807, 2.05) is 32.0 Å². The van der Waals surface area contributed by atoms with E-state index >= 15 is 0 Å². The maximum absolute atomic E-state index is 9.56. The van der Waals surface area contributed by atoms with Gasteiger partial charge in [-0.25, -0.2) is 0 Å². The lowest BCUT2D eigenvalue weighted by atomic mass is 10.1. The molecule has 0 spiro atoms. The zero-order valence-electron chi connectivity index (χ0n) is 8.85. The summed E-state index contributed by atoms with van der Waals surface area (Å²) in [5, 5.41) is 12.8. The molecule has 1 aromatic carbocycles. The van der Waals surface area contributed by atoms with Crippen LogP contribution >= 0.6 is 31.9 Å². The molecule has 1 rings (SSSR count). The highest BCUT2D eigenvalue weighted by Crippen LogP contribution is 2.26. The Morgan fingerprint density at radius 2 is 2.00 bits per heavy atom. The van der Waals surface area contributed by atoms with Crippen molar-refractivity contribution in [2.24, 2.45) is 0 Å². The second kappa shape index (κ2) is 5.32. The number of hydrogen-bond donors (Lipinski definition) is 2. The molecule has 0 saturated carbocycles. The third-order valence-electron chi connectivity index (χ3n) is 1.98. The SMILES string of the molecule is CC(C)(O)CCNc1cc(Br)ccc1Br. The number of halogens is 2. The normalized spacial score (nSPS) is 11.5. The van der Waals surface area contributed by atoms with Crippen LogP contribution in [0, 0.1) is 0 Å². The van der Waals surface area contributed by atoms with E-state index < -0.39 is 5.60 Å². The quantitative estimate of drug-likeness (QED) is 0.876. The molecule has 0 aliphatic carbocycles. The van der Waals surface area contributed by atoms with Gasteiger partial charge in [-0.1, -0.05) is 15.9 Å². The zero-order valence-corrected chi connectivity index (χ0v) is 12.0. The van der Waals surface area contributed by atoms with Crippen LogP contribution in [-0.4, -0.2) is 17.3 Å². The average Bonchev–Trinajstić information content (AvgIpc) is 2.09. The van der Waals surface area contributed by atoms with Crippen LogP contribution in [0.5, 0.6) is 0 Å². The molecule has 0 bridgehead atoms. The van der Waals surface area contributed by atoms with Crippen LogP contribution in [0.4, 0.5) is 5.69 Å². The van der Waals surface area contributed by atoms with Gasteiger partial charge in [0.2, 0.25) is 0 Å². The third kappa shape index (κ3) is 5.00. The first kappa shape index (κ1) is 13.0. The summed E-state index contributed by atoms with van der Waals surface area (Å²) >= 11 is 6.88. The molecular formula is C11H15Br2NO. The van der Waals surface area contributed by atoms with Crippen molar-refractivity contribution in [3.63, 3.8) is 0 Å². The summed E-state index contributed by atoms with van der Waals surface area (Å²) in [6, 6.07) is 5.97. The molecule has 0 unspecified atom stereocenters. The van der Waals surface area contributed by atoms with E-state index in [0.717, 1.165) is 21.2 Å². The van der Waals surface area contributed by atoms with Gasteiger partial charge < -0.3 is 10.4 Å². The monoisotopic (exact) mass is 335 g/mol. The summed E-state index contributed by atoms with van der Waals surface area (Å²) in [7, 11) is 0. The topological polar surface area (TPSA) is 32.3 Å². The van der Waals surface area contributed by atoms with Crippen LogP contribution in [0.15, 0.2) is 27.1 Å². The molecule has 2 nitrogen and oxygen atoms in total. The van der Waals surface area contributed by atoms with Crippen molar-refractivity contribution in [2.45, 2.75) is 25.9 Å². The Kier molecular flexibility index (Phi) is 4.62. The van der Waals surface area contributed by atoms with Gasteiger partial charge in [0.05, 0.1) is 5.60 Å². The van der Waals surface area contributed by atoms with Gasteiger partial charge in [-0.2, -0.15) is 0 Å².